The van der Waals surface area contributed by atoms with Crippen molar-refractivity contribution in [3.8, 4) is 5.75 Å². The van der Waals surface area contributed by atoms with Gasteiger partial charge in [-0.2, -0.15) is 0 Å². The van der Waals surface area contributed by atoms with Crippen LogP contribution < -0.4 is 15.8 Å². The van der Waals surface area contributed by atoms with Gasteiger partial charge in [-0.3, -0.25) is 9.59 Å². The molecule has 5 nitrogen and oxygen atoms in total. The largest absolute Gasteiger partial charge is 0.484 e. The van der Waals surface area contributed by atoms with Crippen molar-refractivity contribution >= 4 is 11.8 Å². The minimum Gasteiger partial charge on any atom is -0.484 e. The fourth-order valence-corrected chi connectivity index (χ4v) is 1.94. The zero-order valence-electron chi connectivity index (χ0n) is 12.3. The third kappa shape index (κ3) is 4.63. The van der Waals surface area contributed by atoms with Crippen molar-refractivity contribution in [3.05, 3.63) is 65.2 Å². The highest BCUT2D eigenvalue weighted by molar-refractivity contribution is 5.92. The number of hydrogen-bond donors (Lipinski definition) is 2. The lowest BCUT2D eigenvalue weighted by molar-refractivity contribution is -0.123. The smallest absolute Gasteiger partial charge is 0.258 e. The van der Waals surface area contributed by atoms with Gasteiger partial charge < -0.3 is 15.8 Å². The molecule has 2 aromatic rings. The Bertz CT molecular complexity index is 683. The monoisotopic (exact) mass is 298 g/mol. The lowest BCUT2D eigenvalue weighted by Gasteiger charge is -2.08. The molecule has 2 amide bonds. The lowest BCUT2D eigenvalue weighted by atomic mass is 10.1. The fourth-order valence-electron chi connectivity index (χ4n) is 1.94. The first-order valence-electron chi connectivity index (χ1n) is 6.89. The molecule has 0 fully saturated rings. The van der Waals surface area contributed by atoms with Gasteiger partial charge in [0.2, 0.25) is 5.91 Å². The quantitative estimate of drug-likeness (QED) is 0.853. The molecule has 0 saturated carbocycles. The van der Waals surface area contributed by atoms with Gasteiger partial charge in [-0.1, -0.05) is 24.3 Å². The Morgan fingerprint density at radius 2 is 1.91 bits per heavy atom. The molecule has 22 heavy (non-hydrogen) atoms. The summed E-state index contributed by atoms with van der Waals surface area (Å²) in [5.41, 5.74) is 7.51. The molecule has 2 rings (SSSR count). The Kier molecular flexibility index (Phi) is 5.14. The summed E-state index contributed by atoms with van der Waals surface area (Å²) in [6.45, 7) is 2.22. The number of nitrogens with one attached hydrogen (secondary N) is 1. The van der Waals surface area contributed by atoms with Crippen LogP contribution >= 0.6 is 0 Å². The van der Waals surface area contributed by atoms with E-state index in [1.807, 2.05) is 31.2 Å². The summed E-state index contributed by atoms with van der Waals surface area (Å²) in [6, 6.07) is 14.3. The molecule has 0 aliphatic rings. The van der Waals surface area contributed by atoms with Crippen LogP contribution in [0.4, 0.5) is 0 Å². The Morgan fingerprint density at radius 3 is 2.64 bits per heavy atom. The predicted octanol–water partition coefficient (Wildman–Crippen LogP) is 1.79. The highest BCUT2D eigenvalue weighted by Crippen LogP contribution is 2.12. The molecule has 0 heterocycles. The van der Waals surface area contributed by atoms with Crippen molar-refractivity contribution in [2.24, 2.45) is 5.73 Å². The third-order valence-electron chi connectivity index (χ3n) is 3.06. The van der Waals surface area contributed by atoms with Gasteiger partial charge in [0, 0.05) is 12.1 Å². The molecular formula is C17H18N2O3. The van der Waals surface area contributed by atoms with Gasteiger partial charge in [0.15, 0.2) is 6.61 Å². The van der Waals surface area contributed by atoms with Crippen LogP contribution in [0.2, 0.25) is 0 Å². The van der Waals surface area contributed by atoms with E-state index in [-0.39, 0.29) is 12.5 Å². The molecule has 0 bridgehead atoms. The summed E-state index contributed by atoms with van der Waals surface area (Å²) >= 11 is 0. The maximum Gasteiger partial charge on any atom is 0.258 e. The number of ether oxygens (including phenoxy) is 1. The van der Waals surface area contributed by atoms with Gasteiger partial charge in [-0.15, -0.1) is 0 Å². The van der Waals surface area contributed by atoms with E-state index in [1.54, 1.807) is 24.3 Å². The molecule has 0 aliphatic carbocycles. The van der Waals surface area contributed by atoms with E-state index in [0.717, 1.165) is 11.1 Å². The van der Waals surface area contributed by atoms with E-state index in [9.17, 15) is 9.59 Å². The Labute approximate surface area is 129 Å². The number of primary amides is 1. The molecule has 2 aromatic carbocycles. The summed E-state index contributed by atoms with van der Waals surface area (Å²) in [5.74, 6) is -0.0622. The van der Waals surface area contributed by atoms with Crippen LogP contribution in [0.5, 0.6) is 5.75 Å². The minimum atomic E-state index is -0.490. The molecule has 0 aromatic heterocycles. The van der Waals surface area contributed by atoms with Gasteiger partial charge in [-0.05, 0) is 42.3 Å². The second-order valence-electron chi connectivity index (χ2n) is 4.95. The predicted molar refractivity (Wildman–Crippen MR) is 83.5 cm³/mol. The van der Waals surface area contributed by atoms with Crippen LogP contribution in [-0.4, -0.2) is 18.4 Å². The topological polar surface area (TPSA) is 81.4 Å². The average Bonchev–Trinajstić information content (AvgIpc) is 2.51. The third-order valence-corrected chi connectivity index (χ3v) is 3.06. The Hall–Kier alpha value is -2.82. The minimum absolute atomic E-state index is 0.0566. The number of nitrogens with two attached hydrogens (primary N) is 1. The van der Waals surface area contributed by atoms with Gasteiger partial charge in [0.05, 0.1) is 0 Å². The Balaban J connectivity index is 1.83. The van der Waals surface area contributed by atoms with Crippen LogP contribution in [0.25, 0.3) is 0 Å². The normalized spacial score (nSPS) is 10.0. The molecule has 0 saturated heterocycles. The molecule has 0 radical (unpaired) electrons. The van der Waals surface area contributed by atoms with E-state index in [1.165, 1.54) is 0 Å². The zero-order valence-corrected chi connectivity index (χ0v) is 12.3. The van der Waals surface area contributed by atoms with Gasteiger partial charge in [-0.25, -0.2) is 0 Å². The van der Waals surface area contributed by atoms with Crippen LogP contribution in [-0.2, 0) is 11.3 Å². The maximum absolute atomic E-state index is 11.8. The molecule has 0 spiro atoms. The number of rotatable bonds is 6. The summed E-state index contributed by atoms with van der Waals surface area (Å²) in [6.07, 6.45) is 0. The van der Waals surface area contributed by atoms with Gasteiger partial charge in [0.25, 0.3) is 5.91 Å². The molecule has 0 atom stereocenters. The number of carbonyl (C=O) groups excluding carboxylic acids is 2. The van der Waals surface area contributed by atoms with E-state index in [4.69, 9.17) is 10.5 Å². The highest BCUT2D eigenvalue weighted by atomic mass is 16.5. The summed E-state index contributed by atoms with van der Waals surface area (Å²) in [5, 5.41) is 2.73. The Morgan fingerprint density at radius 1 is 1.14 bits per heavy atom. The van der Waals surface area contributed by atoms with Crippen LogP contribution in [0, 0.1) is 6.92 Å². The maximum atomic E-state index is 11.8. The van der Waals surface area contributed by atoms with Crippen molar-refractivity contribution in [3.63, 3.8) is 0 Å². The second kappa shape index (κ2) is 7.26. The van der Waals surface area contributed by atoms with E-state index in [2.05, 4.69) is 5.32 Å². The number of aryl methyl sites for hydroxylation is 1. The summed E-state index contributed by atoms with van der Waals surface area (Å²) < 4.78 is 5.41. The van der Waals surface area contributed by atoms with E-state index in [0.29, 0.717) is 17.9 Å². The van der Waals surface area contributed by atoms with Crippen LogP contribution in [0.3, 0.4) is 0 Å². The molecule has 114 valence electrons. The molecule has 3 N–H and O–H groups in total. The van der Waals surface area contributed by atoms with Crippen molar-refractivity contribution in [1.82, 2.24) is 5.32 Å². The van der Waals surface area contributed by atoms with Crippen LogP contribution in [0.15, 0.2) is 48.5 Å². The van der Waals surface area contributed by atoms with E-state index >= 15 is 0 Å². The first-order chi connectivity index (χ1) is 10.5. The molecular weight excluding hydrogens is 280 g/mol. The molecule has 0 unspecified atom stereocenters. The van der Waals surface area contributed by atoms with Gasteiger partial charge >= 0.3 is 0 Å². The summed E-state index contributed by atoms with van der Waals surface area (Å²) in [7, 11) is 0. The first-order valence-corrected chi connectivity index (χ1v) is 6.89. The second-order valence-corrected chi connectivity index (χ2v) is 4.95. The average molecular weight is 298 g/mol. The molecule has 0 aliphatic heterocycles. The highest BCUT2D eigenvalue weighted by Gasteiger charge is 2.05. The van der Waals surface area contributed by atoms with Crippen molar-refractivity contribution < 1.29 is 14.3 Å². The number of benzene rings is 2. The first kappa shape index (κ1) is 15.6. The van der Waals surface area contributed by atoms with E-state index < -0.39 is 5.91 Å². The van der Waals surface area contributed by atoms with Gasteiger partial charge in [0.1, 0.15) is 5.75 Å². The number of carbonyl (C=O) groups is 2. The molecule has 5 heteroatoms. The van der Waals surface area contributed by atoms with Crippen molar-refractivity contribution in [2.45, 2.75) is 13.5 Å². The summed E-state index contributed by atoms with van der Waals surface area (Å²) in [4.78, 5) is 22.9. The van der Waals surface area contributed by atoms with Crippen LogP contribution in [0.1, 0.15) is 21.5 Å². The SMILES string of the molecule is Cc1cccc(OCC(=O)NCc2cccc(C(N)=O)c2)c1. The van der Waals surface area contributed by atoms with Crippen molar-refractivity contribution in [1.29, 1.82) is 0 Å². The fraction of sp³-hybridized carbons (Fsp3) is 0.176. The zero-order chi connectivity index (χ0) is 15.9. The number of hydrogen-bond acceptors (Lipinski definition) is 3. The standard InChI is InChI=1S/C17H18N2O3/c1-12-4-2-7-15(8-12)22-11-16(20)19-10-13-5-3-6-14(9-13)17(18)21/h2-9H,10-11H2,1H3,(H2,18,21)(H,19,20). The van der Waals surface area contributed by atoms with Crippen molar-refractivity contribution in [2.75, 3.05) is 6.61 Å². The lowest BCUT2D eigenvalue weighted by Crippen LogP contribution is -2.28. The number of amides is 2.